The standard InChI is InChI=1S/C11H19N3/c1-9(12)5-6-10-7-13-14(8-10)11(2,3)4/h5-9H,12H2,1-4H3/b6-5+. The van der Waals surface area contributed by atoms with Crippen molar-refractivity contribution in [3.63, 3.8) is 0 Å². The number of aromatic nitrogens is 2. The largest absolute Gasteiger partial charge is 0.325 e. The Hall–Kier alpha value is -1.09. The van der Waals surface area contributed by atoms with Crippen LogP contribution in [0.25, 0.3) is 6.08 Å². The van der Waals surface area contributed by atoms with Crippen molar-refractivity contribution in [2.24, 2.45) is 5.73 Å². The number of nitrogens with two attached hydrogens (primary N) is 1. The van der Waals surface area contributed by atoms with Crippen molar-refractivity contribution in [3.8, 4) is 0 Å². The summed E-state index contributed by atoms with van der Waals surface area (Å²) in [7, 11) is 0. The van der Waals surface area contributed by atoms with Gasteiger partial charge in [0.05, 0.1) is 11.7 Å². The molecule has 1 heterocycles. The smallest absolute Gasteiger partial charge is 0.0562 e. The highest BCUT2D eigenvalue weighted by molar-refractivity contribution is 5.47. The van der Waals surface area contributed by atoms with E-state index in [1.807, 2.05) is 36.2 Å². The van der Waals surface area contributed by atoms with Crippen LogP contribution < -0.4 is 5.73 Å². The van der Waals surface area contributed by atoms with Gasteiger partial charge in [0.1, 0.15) is 0 Å². The van der Waals surface area contributed by atoms with Crippen LogP contribution in [-0.2, 0) is 5.54 Å². The summed E-state index contributed by atoms with van der Waals surface area (Å²) in [6.45, 7) is 8.32. The summed E-state index contributed by atoms with van der Waals surface area (Å²) in [5.41, 5.74) is 6.76. The first kappa shape index (κ1) is 11.0. The molecule has 0 bridgehead atoms. The number of rotatable bonds is 2. The van der Waals surface area contributed by atoms with E-state index in [9.17, 15) is 0 Å². The quantitative estimate of drug-likeness (QED) is 0.780. The van der Waals surface area contributed by atoms with E-state index in [1.54, 1.807) is 0 Å². The van der Waals surface area contributed by atoms with E-state index in [0.717, 1.165) is 5.56 Å². The lowest BCUT2D eigenvalue weighted by Gasteiger charge is -2.18. The van der Waals surface area contributed by atoms with Crippen LogP contribution in [0.1, 0.15) is 33.3 Å². The van der Waals surface area contributed by atoms with E-state index >= 15 is 0 Å². The first-order chi connectivity index (χ1) is 6.39. The molecule has 0 aliphatic carbocycles. The zero-order valence-corrected chi connectivity index (χ0v) is 9.36. The normalized spacial score (nSPS) is 14.9. The monoisotopic (exact) mass is 193 g/mol. The van der Waals surface area contributed by atoms with Crippen LogP contribution >= 0.6 is 0 Å². The first-order valence-corrected chi connectivity index (χ1v) is 4.88. The van der Waals surface area contributed by atoms with Gasteiger partial charge in [-0.25, -0.2) is 0 Å². The lowest BCUT2D eigenvalue weighted by Crippen LogP contribution is -2.21. The third-order valence-electron chi connectivity index (χ3n) is 1.88. The van der Waals surface area contributed by atoms with Gasteiger partial charge in [-0.2, -0.15) is 5.10 Å². The van der Waals surface area contributed by atoms with Crippen LogP contribution in [0.15, 0.2) is 18.5 Å². The molecule has 0 spiro atoms. The van der Waals surface area contributed by atoms with Gasteiger partial charge >= 0.3 is 0 Å². The SMILES string of the molecule is CC(N)/C=C/c1cnn(C(C)(C)C)c1. The Balaban J connectivity index is 2.79. The number of hydrogen-bond acceptors (Lipinski definition) is 2. The van der Waals surface area contributed by atoms with Crippen molar-refractivity contribution >= 4 is 6.08 Å². The van der Waals surface area contributed by atoms with Crippen LogP contribution in [0, 0.1) is 0 Å². The Morgan fingerprint density at radius 2 is 2.14 bits per heavy atom. The van der Waals surface area contributed by atoms with Gasteiger partial charge in [-0.05, 0) is 27.7 Å². The predicted molar refractivity (Wildman–Crippen MR) is 59.9 cm³/mol. The van der Waals surface area contributed by atoms with Crippen molar-refractivity contribution in [2.45, 2.75) is 39.3 Å². The molecule has 0 aliphatic heterocycles. The van der Waals surface area contributed by atoms with Crippen LogP contribution in [0.4, 0.5) is 0 Å². The van der Waals surface area contributed by atoms with E-state index in [4.69, 9.17) is 5.73 Å². The van der Waals surface area contributed by atoms with Gasteiger partial charge in [0.25, 0.3) is 0 Å². The van der Waals surface area contributed by atoms with Gasteiger partial charge in [0.2, 0.25) is 0 Å². The summed E-state index contributed by atoms with van der Waals surface area (Å²) in [6.07, 6.45) is 7.84. The van der Waals surface area contributed by atoms with Gasteiger partial charge in [0, 0.05) is 17.8 Å². The molecule has 0 radical (unpaired) electrons. The molecule has 1 aromatic heterocycles. The third-order valence-corrected chi connectivity index (χ3v) is 1.88. The summed E-state index contributed by atoms with van der Waals surface area (Å²) in [5.74, 6) is 0. The second-order valence-corrected chi connectivity index (χ2v) is 4.61. The van der Waals surface area contributed by atoms with Crippen molar-refractivity contribution < 1.29 is 0 Å². The molecule has 0 aromatic carbocycles. The molecule has 1 atom stereocenters. The van der Waals surface area contributed by atoms with Crippen molar-refractivity contribution in [2.75, 3.05) is 0 Å². The molecule has 1 aromatic rings. The Bertz CT molecular complexity index is 316. The molecule has 0 fully saturated rings. The second-order valence-electron chi connectivity index (χ2n) is 4.61. The lowest BCUT2D eigenvalue weighted by molar-refractivity contribution is 0.355. The lowest BCUT2D eigenvalue weighted by atomic mass is 10.1. The zero-order valence-electron chi connectivity index (χ0n) is 9.36. The predicted octanol–water partition coefficient (Wildman–Crippen LogP) is 2.00. The fourth-order valence-corrected chi connectivity index (χ4v) is 1.05. The summed E-state index contributed by atoms with van der Waals surface area (Å²) in [5, 5.41) is 4.29. The minimum atomic E-state index is 0.0421. The minimum absolute atomic E-state index is 0.0421. The molecular weight excluding hydrogens is 174 g/mol. The average Bonchev–Trinajstić information content (AvgIpc) is 2.47. The fourth-order valence-electron chi connectivity index (χ4n) is 1.05. The van der Waals surface area contributed by atoms with Crippen LogP contribution in [-0.4, -0.2) is 15.8 Å². The molecule has 1 rings (SSSR count). The molecule has 3 nitrogen and oxygen atoms in total. The number of nitrogens with zero attached hydrogens (tertiary/aromatic N) is 2. The molecule has 0 saturated heterocycles. The van der Waals surface area contributed by atoms with E-state index < -0.39 is 0 Å². The summed E-state index contributed by atoms with van der Waals surface area (Å²) >= 11 is 0. The van der Waals surface area contributed by atoms with E-state index in [0.29, 0.717) is 0 Å². The molecule has 78 valence electrons. The molecular formula is C11H19N3. The van der Waals surface area contributed by atoms with Crippen LogP contribution in [0.3, 0.4) is 0 Å². The third kappa shape index (κ3) is 3.00. The van der Waals surface area contributed by atoms with Gasteiger partial charge in [-0.3, -0.25) is 4.68 Å². The van der Waals surface area contributed by atoms with Crippen LogP contribution in [0.2, 0.25) is 0 Å². The average molecular weight is 193 g/mol. The number of hydrogen-bond donors (Lipinski definition) is 1. The molecule has 1 unspecified atom stereocenters. The van der Waals surface area contributed by atoms with Crippen LogP contribution in [0.5, 0.6) is 0 Å². The van der Waals surface area contributed by atoms with E-state index in [1.165, 1.54) is 0 Å². The Morgan fingerprint density at radius 1 is 1.50 bits per heavy atom. The summed E-state index contributed by atoms with van der Waals surface area (Å²) in [4.78, 5) is 0. The maximum absolute atomic E-state index is 5.62. The summed E-state index contributed by atoms with van der Waals surface area (Å²) < 4.78 is 1.95. The Morgan fingerprint density at radius 3 is 2.57 bits per heavy atom. The van der Waals surface area contributed by atoms with Gasteiger partial charge in [0.15, 0.2) is 0 Å². The van der Waals surface area contributed by atoms with Crippen molar-refractivity contribution in [3.05, 3.63) is 24.0 Å². The molecule has 3 heteroatoms. The Labute approximate surface area is 85.6 Å². The zero-order chi connectivity index (χ0) is 10.8. The maximum Gasteiger partial charge on any atom is 0.0562 e. The topological polar surface area (TPSA) is 43.8 Å². The highest BCUT2D eigenvalue weighted by Gasteiger charge is 2.12. The molecule has 0 saturated carbocycles. The molecule has 2 N–H and O–H groups in total. The first-order valence-electron chi connectivity index (χ1n) is 4.88. The second kappa shape index (κ2) is 3.96. The minimum Gasteiger partial charge on any atom is -0.325 e. The highest BCUT2D eigenvalue weighted by Crippen LogP contribution is 2.13. The Kier molecular flexibility index (Phi) is 3.11. The van der Waals surface area contributed by atoms with E-state index in [2.05, 4.69) is 25.9 Å². The molecule has 0 amide bonds. The fraction of sp³-hybridized carbons (Fsp3) is 0.545. The van der Waals surface area contributed by atoms with Gasteiger partial charge < -0.3 is 5.73 Å². The highest BCUT2D eigenvalue weighted by atomic mass is 15.3. The molecule has 14 heavy (non-hydrogen) atoms. The van der Waals surface area contributed by atoms with E-state index in [-0.39, 0.29) is 11.6 Å². The maximum atomic E-state index is 5.62. The van der Waals surface area contributed by atoms with Gasteiger partial charge in [-0.1, -0.05) is 12.2 Å². The van der Waals surface area contributed by atoms with Crippen molar-refractivity contribution in [1.29, 1.82) is 0 Å². The molecule has 0 aliphatic rings. The van der Waals surface area contributed by atoms with Crippen molar-refractivity contribution in [1.82, 2.24) is 9.78 Å². The summed E-state index contributed by atoms with van der Waals surface area (Å²) in [6, 6.07) is 0.0907. The van der Waals surface area contributed by atoms with Gasteiger partial charge in [-0.15, -0.1) is 0 Å².